The van der Waals surface area contributed by atoms with E-state index in [1.165, 1.54) is 54.6 Å². The normalized spacial score (nSPS) is 11.6. The number of nitrogens with one attached hydrogen (secondary N) is 3. The second kappa shape index (κ2) is 11.0. The quantitative estimate of drug-likeness (QED) is 0.194. The fourth-order valence-corrected chi connectivity index (χ4v) is 6.45. The van der Waals surface area contributed by atoms with Gasteiger partial charge in [-0.05, 0) is 66.0 Å². The van der Waals surface area contributed by atoms with Gasteiger partial charge in [-0.3, -0.25) is 14.2 Å². The molecule has 0 saturated carbocycles. The molecule has 40 heavy (non-hydrogen) atoms. The van der Waals surface area contributed by atoms with Crippen LogP contribution in [0, 0.1) is 0 Å². The zero-order valence-corrected chi connectivity index (χ0v) is 23.1. The molecule has 0 saturated heterocycles. The van der Waals surface area contributed by atoms with Crippen LogP contribution in [0.2, 0.25) is 5.02 Å². The number of hydrogen-bond donors (Lipinski definition) is 3. The van der Waals surface area contributed by atoms with Gasteiger partial charge in [0.15, 0.2) is 0 Å². The Morgan fingerprint density at radius 1 is 0.600 bits per heavy atom. The Bertz CT molecular complexity index is 1930. The van der Waals surface area contributed by atoms with Crippen molar-refractivity contribution < 1.29 is 21.6 Å². The van der Waals surface area contributed by atoms with Gasteiger partial charge in [-0.1, -0.05) is 66.2 Å². The van der Waals surface area contributed by atoms with Crippen LogP contribution in [-0.4, -0.2) is 22.7 Å². The maximum atomic E-state index is 13.0. The van der Waals surface area contributed by atoms with E-state index in [0.29, 0.717) is 11.4 Å². The number of rotatable bonds is 8. The summed E-state index contributed by atoms with van der Waals surface area (Å²) in [5, 5.41) is 4.39. The molecule has 0 aliphatic rings. The van der Waals surface area contributed by atoms with E-state index in [1.54, 1.807) is 30.3 Å². The third-order valence-corrected chi connectivity index (χ3v) is 9.06. The summed E-state index contributed by atoms with van der Waals surface area (Å²) in [5.74, 6) is -0.510. The summed E-state index contributed by atoms with van der Waals surface area (Å²) in [7, 11) is -7.74. The lowest BCUT2D eigenvalue weighted by Crippen LogP contribution is -2.15. The highest BCUT2D eigenvalue weighted by atomic mass is 35.5. The van der Waals surface area contributed by atoms with Gasteiger partial charge in [0.1, 0.15) is 0 Å². The predicted molar refractivity (Wildman–Crippen MR) is 158 cm³/mol. The summed E-state index contributed by atoms with van der Waals surface area (Å²) < 4.78 is 56.2. The van der Waals surface area contributed by atoms with E-state index >= 15 is 0 Å². The highest BCUT2D eigenvalue weighted by molar-refractivity contribution is 7.93. The lowest BCUT2D eigenvalue weighted by atomic mass is 10.1. The summed E-state index contributed by atoms with van der Waals surface area (Å²) >= 11 is 6.26. The number of benzene rings is 5. The zero-order chi connectivity index (χ0) is 28.3. The molecule has 0 atom stereocenters. The number of hydrogen-bond acceptors (Lipinski definition) is 5. The summed E-state index contributed by atoms with van der Waals surface area (Å²) in [5.41, 5.74) is 1.12. The number of fused-ring (bicyclic) bond motifs is 1. The number of amides is 1. The van der Waals surface area contributed by atoms with Crippen molar-refractivity contribution in [1.82, 2.24) is 0 Å². The average Bonchev–Trinajstić information content (AvgIpc) is 2.95. The highest BCUT2D eigenvalue weighted by Gasteiger charge is 2.18. The van der Waals surface area contributed by atoms with Gasteiger partial charge in [0.25, 0.3) is 26.0 Å². The van der Waals surface area contributed by atoms with Crippen molar-refractivity contribution in [3.8, 4) is 0 Å². The standard InChI is InChI=1S/C29H22ClN3O5S2/c30-26-19-21(13-18-28(26)33-39(35,36)23-9-2-1-3-10-23)29(34)31-22-14-16-24(17-15-22)40(37,38)32-27-12-6-8-20-7-4-5-11-25(20)27/h1-19,32-33H,(H,31,34). The van der Waals surface area contributed by atoms with Crippen LogP contribution in [0.25, 0.3) is 10.8 Å². The molecule has 0 heterocycles. The van der Waals surface area contributed by atoms with Gasteiger partial charge in [0.05, 0.1) is 26.2 Å². The van der Waals surface area contributed by atoms with Crippen molar-refractivity contribution in [2.24, 2.45) is 0 Å². The van der Waals surface area contributed by atoms with Gasteiger partial charge < -0.3 is 5.32 Å². The van der Waals surface area contributed by atoms with Crippen LogP contribution in [0.1, 0.15) is 10.4 Å². The number of carbonyl (C=O) groups excluding carboxylic acids is 1. The molecule has 0 radical (unpaired) electrons. The van der Waals surface area contributed by atoms with E-state index in [9.17, 15) is 21.6 Å². The van der Waals surface area contributed by atoms with Crippen molar-refractivity contribution >= 4 is 65.4 Å². The lowest BCUT2D eigenvalue weighted by Gasteiger charge is -2.12. The van der Waals surface area contributed by atoms with Gasteiger partial charge in [-0.25, -0.2) is 16.8 Å². The second-order valence-corrected chi connectivity index (χ2v) is 12.5. The van der Waals surface area contributed by atoms with E-state index in [1.807, 2.05) is 30.3 Å². The van der Waals surface area contributed by atoms with Gasteiger partial charge in [0, 0.05) is 16.6 Å². The monoisotopic (exact) mass is 591 g/mol. The third-order valence-electron chi connectivity index (χ3n) is 5.99. The van der Waals surface area contributed by atoms with Gasteiger partial charge in [-0.2, -0.15) is 0 Å². The molecule has 0 aliphatic heterocycles. The summed E-state index contributed by atoms with van der Waals surface area (Å²) in [6.45, 7) is 0. The van der Waals surface area contributed by atoms with Crippen LogP contribution >= 0.6 is 11.6 Å². The van der Waals surface area contributed by atoms with Crippen LogP contribution < -0.4 is 14.8 Å². The van der Waals surface area contributed by atoms with Crippen LogP contribution in [-0.2, 0) is 20.0 Å². The molecule has 0 fully saturated rings. The van der Waals surface area contributed by atoms with Crippen molar-refractivity contribution in [2.75, 3.05) is 14.8 Å². The molecule has 0 unspecified atom stereocenters. The van der Waals surface area contributed by atoms with Crippen molar-refractivity contribution in [3.63, 3.8) is 0 Å². The minimum absolute atomic E-state index is 0.0246. The summed E-state index contributed by atoms with van der Waals surface area (Å²) in [6, 6.07) is 30.5. The van der Waals surface area contributed by atoms with Crippen LogP contribution in [0.5, 0.6) is 0 Å². The van der Waals surface area contributed by atoms with E-state index in [-0.39, 0.29) is 26.1 Å². The molecule has 8 nitrogen and oxygen atoms in total. The number of sulfonamides is 2. The van der Waals surface area contributed by atoms with E-state index in [0.717, 1.165) is 10.8 Å². The van der Waals surface area contributed by atoms with Gasteiger partial charge >= 0.3 is 0 Å². The Balaban J connectivity index is 1.27. The molecule has 0 aliphatic carbocycles. The van der Waals surface area contributed by atoms with Crippen LogP contribution in [0.3, 0.4) is 0 Å². The molecule has 5 aromatic carbocycles. The average molecular weight is 592 g/mol. The maximum absolute atomic E-state index is 13.0. The Hall–Kier alpha value is -4.38. The SMILES string of the molecule is O=C(Nc1ccc(S(=O)(=O)Nc2cccc3ccccc23)cc1)c1ccc(NS(=O)(=O)c2ccccc2)c(Cl)c1. The zero-order valence-electron chi connectivity index (χ0n) is 20.7. The largest absolute Gasteiger partial charge is 0.322 e. The summed E-state index contributed by atoms with van der Waals surface area (Å²) in [4.78, 5) is 12.9. The Morgan fingerprint density at radius 2 is 1.20 bits per heavy atom. The number of halogens is 1. The van der Waals surface area contributed by atoms with Gasteiger partial charge in [0.2, 0.25) is 0 Å². The molecule has 0 spiro atoms. The van der Waals surface area contributed by atoms with E-state index in [4.69, 9.17) is 11.6 Å². The van der Waals surface area contributed by atoms with Crippen molar-refractivity contribution in [1.29, 1.82) is 0 Å². The molecular weight excluding hydrogens is 570 g/mol. The highest BCUT2D eigenvalue weighted by Crippen LogP contribution is 2.28. The minimum Gasteiger partial charge on any atom is -0.322 e. The van der Waals surface area contributed by atoms with Gasteiger partial charge in [-0.15, -0.1) is 0 Å². The van der Waals surface area contributed by atoms with Crippen LogP contribution in [0.15, 0.2) is 125 Å². The molecular formula is C29H22ClN3O5S2. The topological polar surface area (TPSA) is 121 Å². The number of anilines is 3. The van der Waals surface area contributed by atoms with E-state index < -0.39 is 26.0 Å². The molecule has 3 N–H and O–H groups in total. The fourth-order valence-electron chi connectivity index (χ4n) is 3.98. The third kappa shape index (κ3) is 5.94. The fraction of sp³-hybridized carbons (Fsp3) is 0. The molecule has 1 amide bonds. The molecule has 202 valence electrons. The smallest absolute Gasteiger partial charge is 0.261 e. The van der Waals surface area contributed by atoms with E-state index in [2.05, 4.69) is 14.8 Å². The Kier molecular flexibility index (Phi) is 7.49. The molecule has 0 bridgehead atoms. The first-order chi connectivity index (χ1) is 19.1. The Labute approximate surface area is 236 Å². The lowest BCUT2D eigenvalue weighted by molar-refractivity contribution is 0.102. The first-order valence-corrected chi connectivity index (χ1v) is 15.3. The van der Waals surface area contributed by atoms with Crippen molar-refractivity contribution in [3.05, 3.63) is 126 Å². The number of carbonyl (C=O) groups is 1. The first kappa shape index (κ1) is 27.2. The van der Waals surface area contributed by atoms with Crippen molar-refractivity contribution in [2.45, 2.75) is 9.79 Å². The molecule has 0 aromatic heterocycles. The minimum atomic E-state index is -3.88. The maximum Gasteiger partial charge on any atom is 0.261 e. The molecule has 5 rings (SSSR count). The first-order valence-electron chi connectivity index (χ1n) is 11.9. The molecule has 5 aromatic rings. The van der Waals surface area contributed by atoms with Crippen LogP contribution in [0.4, 0.5) is 17.1 Å². The second-order valence-electron chi connectivity index (χ2n) is 8.72. The molecule has 11 heteroatoms. The summed E-state index contributed by atoms with van der Waals surface area (Å²) in [6.07, 6.45) is 0. The predicted octanol–water partition coefficient (Wildman–Crippen LogP) is 6.35. The Morgan fingerprint density at radius 3 is 1.90 bits per heavy atom.